The molecule has 0 aromatic rings. The van der Waals surface area contributed by atoms with E-state index in [1.54, 1.807) is 0 Å². The summed E-state index contributed by atoms with van der Waals surface area (Å²) >= 11 is 0. The molecule has 1 saturated heterocycles. The van der Waals surface area contributed by atoms with Crippen LogP contribution in [0.5, 0.6) is 0 Å². The van der Waals surface area contributed by atoms with Crippen molar-refractivity contribution >= 4 is 29.9 Å². The predicted molar refractivity (Wildman–Crippen MR) is 55.1 cm³/mol. The largest absolute Gasteiger partial charge is 1.00 e. The number of carboxylic acids is 2. The molecule has 1 rings (SSSR count). The number of carbonyl (C=O) groups is 5. The Morgan fingerprint density at radius 3 is 2.10 bits per heavy atom. The maximum Gasteiger partial charge on any atom is 1.00 e. The first-order chi connectivity index (χ1) is 8.72. The molecule has 0 radical (unpaired) electrons. The van der Waals surface area contributed by atoms with Crippen molar-refractivity contribution < 1.29 is 63.7 Å². The normalized spacial score (nSPS) is 15.7. The first-order valence-electron chi connectivity index (χ1n) is 4.81. The minimum absolute atomic E-state index is 0. The summed E-state index contributed by atoms with van der Waals surface area (Å²) in [6.07, 6.45) is -1.81. The first-order valence-corrected chi connectivity index (χ1v) is 4.81. The smallest absolute Gasteiger partial charge is 0.550 e. The second-order valence-corrected chi connectivity index (χ2v) is 3.17. The van der Waals surface area contributed by atoms with Crippen LogP contribution in [-0.4, -0.2) is 41.2 Å². The SMILES string of the molecule is NC(=O)NC1NC(=O)NC1=O.O=C([O-])CCC(=O)O.[Na+]. The van der Waals surface area contributed by atoms with Gasteiger partial charge in [-0.15, -0.1) is 0 Å². The van der Waals surface area contributed by atoms with Crippen LogP contribution in [0, 0.1) is 0 Å². The van der Waals surface area contributed by atoms with E-state index in [0.29, 0.717) is 0 Å². The number of carboxylic acid groups (broad SMARTS) is 2. The van der Waals surface area contributed by atoms with Gasteiger partial charge in [0.2, 0.25) is 0 Å². The number of primary amides is 1. The number of imide groups is 1. The molecule has 0 aliphatic carbocycles. The van der Waals surface area contributed by atoms with Crippen LogP contribution in [0.3, 0.4) is 0 Å². The summed E-state index contributed by atoms with van der Waals surface area (Å²) in [7, 11) is 0. The van der Waals surface area contributed by atoms with Gasteiger partial charge in [-0.1, -0.05) is 0 Å². The quantitative estimate of drug-likeness (QED) is 0.251. The maximum atomic E-state index is 10.7. The number of amides is 5. The zero-order valence-corrected chi connectivity index (χ0v) is 12.5. The third-order valence-electron chi connectivity index (χ3n) is 1.60. The molecule has 12 heteroatoms. The number of aliphatic carboxylic acids is 2. The minimum atomic E-state index is -1.33. The topological polar surface area (TPSA) is 191 Å². The van der Waals surface area contributed by atoms with Crippen LogP contribution in [0.25, 0.3) is 0 Å². The molecule has 6 N–H and O–H groups in total. The Labute approximate surface area is 134 Å². The first kappa shape index (κ1) is 20.5. The van der Waals surface area contributed by atoms with E-state index in [1.165, 1.54) is 0 Å². The number of nitrogens with one attached hydrogen (secondary N) is 3. The Bertz CT molecular complexity index is 400. The number of urea groups is 2. The van der Waals surface area contributed by atoms with Gasteiger partial charge in [-0.05, 0) is 6.42 Å². The van der Waals surface area contributed by atoms with Gasteiger partial charge >= 0.3 is 47.6 Å². The van der Waals surface area contributed by atoms with Crippen LogP contribution < -0.4 is 56.3 Å². The predicted octanol–water partition coefficient (Wildman–Crippen LogP) is -6.57. The van der Waals surface area contributed by atoms with Gasteiger partial charge in [0.25, 0.3) is 5.91 Å². The Morgan fingerprint density at radius 1 is 1.30 bits per heavy atom. The standard InChI is InChI=1S/C4H6N4O3.C4H6O4.Na/c5-3(10)6-1-2(9)8-4(11)7-1;5-3(6)1-2-4(7)8;/h1H,(H3,5,6,10)(H2,7,8,9,11);1-2H2,(H,5,6)(H,7,8);/q;;+1/p-1. The molecule has 0 saturated carbocycles. The number of rotatable bonds is 4. The number of hydrogen-bond donors (Lipinski definition) is 5. The van der Waals surface area contributed by atoms with Crippen LogP contribution >= 0.6 is 0 Å². The van der Waals surface area contributed by atoms with Gasteiger partial charge in [0.05, 0.1) is 6.42 Å². The fourth-order valence-corrected chi connectivity index (χ4v) is 0.870. The molecule has 20 heavy (non-hydrogen) atoms. The van der Waals surface area contributed by atoms with Crippen molar-refractivity contribution in [2.45, 2.75) is 19.0 Å². The van der Waals surface area contributed by atoms with E-state index in [2.05, 4.69) is 5.32 Å². The van der Waals surface area contributed by atoms with E-state index in [9.17, 15) is 29.1 Å². The molecular formula is C8H11N4NaO7. The fraction of sp³-hybridized carbons (Fsp3) is 0.375. The zero-order valence-electron chi connectivity index (χ0n) is 10.5. The van der Waals surface area contributed by atoms with Crippen molar-refractivity contribution in [2.75, 3.05) is 0 Å². The third-order valence-corrected chi connectivity index (χ3v) is 1.60. The average Bonchev–Trinajstić information content (AvgIpc) is 2.54. The van der Waals surface area contributed by atoms with Gasteiger partial charge < -0.3 is 31.4 Å². The van der Waals surface area contributed by atoms with E-state index < -0.39 is 42.5 Å². The molecule has 0 aromatic heterocycles. The van der Waals surface area contributed by atoms with Gasteiger partial charge in [0.15, 0.2) is 6.17 Å². The summed E-state index contributed by atoms with van der Waals surface area (Å²) in [6.45, 7) is 0. The summed E-state index contributed by atoms with van der Waals surface area (Å²) in [4.78, 5) is 50.4. The molecule has 11 nitrogen and oxygen atoms in total. The van der Waals surface area contributed by atoms with Crippen molar-refractivity contribution in [3.8, 4) is 0 Å². The van der Waals surface area contributed by atoms with E-state index in [-0.39, 0.29) is 36.0 Å². The Morgan fingerprint density at radius 2 is 1.85 bits per heavy atom. The van der Waals surface area contributed by atoms with Gasteiger partial charge in [0.1, 0.15) is 0 Å². The van der Waals surface area contributed by atoms with Crippen molar-refractivity contribution in [1.29, 1.82) is 0 Å². The van der Waals surface area contributed by atoms with Crippen molar-refractivity contribution in [3.05, 3.63) is 0 Å². The molecule has 1 unspecified atom stereocenters. The Hall–Kier alpha value is -1.85. The zero-order chi connectivity index (χ0) is 15.0. The summed E-state index contributed by atoms with van der Waals surface area (Å²) in [6, 6.07) is -1.51. The maximum absolute atomic E-state index is 10.7. The van der Waals surface area contributed by atoms with Crippen molar-refractivity contribution in [3.63, 3.8) is 0 Å². The van der Waals surface area contributed by atoms with Gasteiger partial charge in [0, 0.05) is 5.97 Å². The Balaban J connectivity index is 0. The van der Waals surface area contributed by atoms with Crippen molar-refractivity contribution in [1.82, 2.24) is 16.0 Å². The molecule has 1 aliphatic rings. The van der Waals surface area contributed by atoms with Crippen molar-refractivity contribution in [2.24, 2.45) is 5.73 Å². The molecular weight excluding hydrogens is 287 g/mol. The van der Waals surface area contributed by atoms with Crippen LogP contribution in [0.1, 0.15) is 12.8 Å². The molecule has 0 aromatic carbocycles. The van der Waals surface area contributed by atoms with Crippen LogP contribution in [-0.2, 0) is 14.4 Å². The Kier molecular flexibility index (Phi) is 10.2. The molecule has 1 atom stereocenters. The molecule has 1 heterocycles. The summed E-state index contributed by atoms with van der Waals surface area (Å²) in [5.41, 5.74) is 4.70. The van der Waals surface area contributed by atoms with Crippen LogP contribution in [0.15, 0.2) is 0 Å². The van der Waals surface area contributed by atoms with Crippen LogP contribution in [0.4, 0.5) is 9.59 Å². The average molecular weight is 298 g/mol. The number of nitrogens with two attached hydrogens (primary N) is 1. The fourth-order valence-electron chi connectivity index (χ4n) is 0.870. The van der Waals surface area contributed by atoms with Crippen LogP contribution in [0.2, 0.25) is 0 Å². The number of carbonyl (C=O) groups excluding carboxylic acids is 4. The molecule has 0 bridgehead atoms. The third kappa shape index (κ3) is 10.1. The molecule has 106 valence electrons. The molecule has 0 spiro atoms. The number of hydrogen-bond acceptors (Lipinski definition) is 6. The van der Waals surface area contributed by atoms with E-state index in [0.717, 1.165) is 0 Å². The second-order valence-electron chi connectivity index (χ2n) is 3.17. The minimum Gasteiger partial charge on any atom is -0.550 e. The van der Waals surface area contributed by atoms with E-state index in [4.69, 9.17) is 10.8 Å². The van der Waals surface area contributed by atoms with Gasteiger partial charge in [-0.3, -0.25) is 14.9 Å². The molecule has 1 fully saturated rings. The van der Waals surface area contributed by atoms with Gasteiger partial charge in [-0.25, -0.2) is 9.59 Å². The summed E-state index contributed by atoms with van der Waals surface area (Å²) in [5.74, 6) is -3.06. The molecule has 1 aliphatic heterocycles. The second kappa shape index (κ2) is 10.00. The van der Waals surface area contributed by atoms with E-state index in [1.807, 2.05) is 10.6 Å². The van der Waals surface area contributed by atoms with E-state index >= 15 is 0 Å². The summed E-state index contributed by atoms with van der Waals surface area (Å²) < 4.78 is 0. The summed E-state index contributed by atoms with van der Waals surface area (Å²) in [5, 5.41) is 23.5. The van der Waals surface area contributed by atoms with Gasteiger partial charge in [-0.2, -0.15) is 0 Å². The monoisotopic (exact) mass is 298 g/mol. The molecule has 5 amide bonds.